The van der Waals surface area contributed by atoms with Gasteiger partial charge >= 0.3 is 6.18 Å². The number of piperidine rings is 1. The molecule has 0 unspecified atom stereocenters. The molecule has 2 aliphatic rings. The smallest absolute Gasteiger partial charge is 0.351 e. The monoisotopic (exact) mass is 344 g/mol. The van der Waals surface area contributed by atoms with E-state index in [2.05, 4.69) is 14.9 Å². The maximum absolute atomic E-state index is 12.4. The zero-order valence-electron chi connectivity index (χ0n) is 13.8. The fraction of sp³-hybridized carbons (Fsp3) is 0.750. The van der Waals surface area contributed by atoms with Gasteiger partial charge in [0.15, 0.2) is 0 Å². The zero-order chi connectivity index (χ0) is 17.3. The topological polar surface area (TPSA) is 50.2 Å². The summed E-state index contributed by atoms with van der Waals surface area (Å²) in [7, 11) is 0. The van der Waals surface area contributed by atoms with Gasteiger partial charge < -0.3 is 9.88 Å². The highest BCUT2D eigenvalue weighted by Gasteiger charge is 2.34. The Morgan fingerprint density at radius 2 is 2.04 bits per heavy atom. The number of aromatic nitrogens is 2. The van der Waals surface area contributed by atoms with Crippen molar-refractivity contribution in [2.24, 2.45) is 5.92 Å². The SMILES string of the molecule is Cc1cn2c(n1)CC[C@H](NC(=O)C1CCN(CC(F)(F)F)CC1)C2. The fourth-order valence-electron chi connectivity index (χ4n) is 3.63. The molecule has 1 fully saturated rings. The molecule has 134 valence electrons. The van der Waals surface area contributed by atoms with Crippen LogP contribution in [0.3, 0.4) is 0 Å². The van der Waals surface area contributed by atoms with Gasteiger partial charge in [-0.3, -0.25) is 9.69 Å². The van der Waals surface area contributed by atoms with Gasteiger partial charge in [0, 0.05) is 31.1 Å². The predicted molar refractivity (Wildman–Crippen MR) is 82.4 cm³/mol. The van der Waals surface area contributed by atoms with Gasteiger partial charge in [0.25, 0.3) is 0 Å². The molecule has 3 rings (SSSR count). The van der Waals surface area contributed by atoms with Crippen LogP contribution >= 0.6 is 0 Å². The Kier molecular flexibility index (Phi) is 4.85. The number of aryl methyl sites for hydroxylation is 2. The molecule has 2 aliphatic heterocycles. The molecule has 5 nitrogen and oxygen atoms in total. The van der Waals surface area contributed by atoms with Gasteiger partial charge in [-0.05, 0) is 39.3 Å². The molecule has 1 amide bonds. The number of likely N-dealkylation sites (tertiary alicyclic amines) is 1. The minimum Gasteiger partial charge on any atom is -0.351 e. The maximum atomic E-state index is 12.4. The van der Waals surface area contributed by atoms with Crippen molar-refractivity contribution in [3.8, 4) is 0 Å². The van der Waals surface area contributed by atoms with Crippen molar-refractivity contribution in [3.63, 3.8) is 0 Å². The van der Waals surface area contributed by atoms with Gasteiger partial charge in [-0.1, -0.05) is 0 Å². The van der Waals surface area contributed by atoms with E-state index in [1.165, 1.54) is 4.90 Å². The van der Waals surface area contributed by atoms with Crippen molar-refractivity contribution in [3.05, 3.63) is 17.7 Å². The summed E-state index contributed by atoms with van der Waals surface area (Å²) in [4.78, 5) is 18.2. The second-order valence-corrected chi connectivity index (χ2v) is 6.86. The lowest BCUT2D eigenvalue weighted by Crippen LogP contribution is -2.47. The van der Waals surface area contributed by atoms with E-state index in [-0.39, 0.29) is 17.9 Å². The molecule has 1 saturated heterocycles. The van der Waals surface area contributed by atoms with Crippen molar-refractivity contribution in [1.29, 1.82) is 0 Å². The number of hydrogen-bond acceptors (Lipinski definition) is 3. The van der Waals surface area contributed by atoms with Gasteiger partial charge in [-0.25, -0.2) is 4.98 Å². The van der Waals surface area contributed by atoms with Crippen molar-refractivity contribution < 1.29 is 18.0 Å². The molecule has 0 spiro atoms. The molecule has 1 aromatic heterocycles. The molecule has 1 atom stereocenters. The molecule has 24 heavy (non-hydrogen) atoms. The van der Waals surface area contributed by atoms with Crippen molar-refractivity contribution in [2.75, 3.05) is 19.6 Å². The number of alkyl halides is 3. The van der Waals surface area contributed by atoms with E-state index in [0.29, 0.717) is 25.9 Å². The molecule has 1 N–H and O–H groups in total. The molecular weight excluding hydrogens is 321 g/mol. The molecule has 0 aromatic carbocycles. The third-order valence-electron chi connectivity index (χ3n) is 4.82. The summed E-state index contributed by atoms with van der Waals surface area (Å²) in [6.45, 7) is 2.44. The Morgan fingerprint density at radius 3 is 2.71 bits per heavy atom. The molecule has 0 bridgehead atoms. The number of amides is 1. The predicted octanol–water partition coefficient (Wildman–Crippen LogP) is 1.90. The molecule has 8 heteroatoms. The summed E-state index contributed by atoms with van der Waals surface area (Å²) < 4.78 is 39.3. The highest BCUT2D eigenvalue weighted by molar-refractivity contribution is 5.79. The van der Waals surface area contributed by atoms with E-state index < -0.39 is 12.7 Å². The van der Waals surface area contributed by atoms with Gasteiger partial charge in [0.2, 0.25) is 5.91 Å². The van der Waals surface area contributed by atoms with Gasteiger partial charge in [0.1, 0.15) is 5.82 Å². The summed E-state index contributed by atoms with van der Waals surface area (Å²) in [6, 6.07) is 0.0757. The van der Waals surface area contributed by atoms with Gasteiger partial charge in [-0.2, -0.15) is 13.2 Å². The van der Waals surface area contributed by atoms with Crippen LogP contribution < -0.4 is 5.32 Å². The number of fused-ring (bicyclic) bond motifs is 1. The average Bonchev–Trinajstić information content (AvgIpc) is 2.85. The number of carbonyl (C=O) groups is 1. The van der Waals surface area contributed by atoms with Crippen molar-refractivity contribution >= 4 is 5.91 Å². The number of hydrogen-bond donors (Lipinski definition) is 1. The van der Waals surface area contributed by atoms with E-state index in [4.69, 9.17) is 0 Å². The van der Waals surface area contributed by atoms with Crippen LogP contribution in [0, 0.1) is 12.8 Å². The van der Waals surface area contributed by atoms with Crippen LogP contribution in [0.5, 0.6) is 0 Å². The van der Waals surface area contributed by atoms with Gasteiger partial charge in [0.05, 0.1) is 12.2 Å². The third kappa shape index (κ3) is 4.28. The second kappa shape index (κ2) is 6.74. The number of carbonyl (C=O) groups excluding carboxylic acids is 1. The number of imidazole rings is 1. The van der Waals surface area contributed by atoms with E-state index in [1.807, 2.05) is 13.1 Å². The van der Waals surface area contributed by atoms with Crippen LogP contribution in [0.25, 0.3) is 0 Å². The molecule has 1 aromatic rings. The van der Waals surface area contributed by atoms with E-state index in [0.717, 1.165) is 30.9 Å². The molecule has 3 heterocycles. The van der Waals surface area contributed by atoms with Crippen LogP contribution in [0.15, 0.2) is 6.20 Å². The molecular formula is C16H23F3N4O. The fourth-order valence-corrected chi connectivity index (χ4v) is 3.63. The normalized spacial score (nSPS) is 23.1. The van der Waals surface area contributed by atoms with Crippen LogP contribution in [-0.2, 0) is 17.8 Å². The van der Waals surface area contributed by atoms with Crippen molar-refractivity contribution in [2.45, 2.75) is 51.4 Å². The Hall–Kier alpha value is -1.57. The minimum absolute atomic E-state index is 0.0213. The Bertz CT molecular complexity index is 591. The first kappa shape index (κ1) is 17.3. The van der Waals surface area contributed by atoms with Crippen LogP contribution in [0.2, 0.25) is 0 Å². The van der Waals surface area contributed by atoms with Crippen molar-refractivity contribution in [1.82, 2.24) is 19.8 Å². The summed E-state index contributed by atoms with van der Waals surface area (Å²) in [5, 5.41) is 3.07. The number of halogens is 3. The maximum Gasteiger partial charge on any atom is 0.401 e. The quantitative estimate of drug-likeness (QED) is 0.911. The lowest BCUT2D eigenvalue weighted by Gasteiger charge is -2.33. The first-order chi connectivity index (χ1) is 11.3. The molecule has 0 aliphatic carbocycles. The Balaban J connectivity index is 1.47. The van der Waals surface area contributed by atoms with Crippen LogP contribution in [-0.4, -0.2) is 52.2 Å². The minimum atomic E-state index is -4.17. The number of nitrogens with zero attached hydrogens (tertiary/aromatic N) is 3. The Labute approximate surface area is 139 Å². The lowest BCUT2D eigenvalue weighted by atomic mass is 9.95. The van der Waals surface area contributed by atoms with Gasteiger partial charge in [-0.15, -0.1) is 0 Å². The standard InChI is InChI=1S/C16H23F3N4O/c1-11-8-23-9-13(2-3-14(23)20-11)21-15(24)12-4-6-22(7-5-12)10-16(17,18)19/h8,12-13H,2-7,9-10H2,1H3,(H,21,24)/t13-/m0/s1. The number of rotatable bonds is 3. The summed E-state index contributed by atoms with van der Waals surface area (Å²) in [5.41, 5.74) is 0.981. The van der Waals surface area contributed by atoms with E-state index in [1.54, 1.807) is 0 Å². The summed E-state index contributed by atoms with van der Waals surface area (Å²) >= 11 is 0. The highest BCUT2D eigenvalue weighted by Crippen LogP contribution is 2.23. The second-order valence-electron chi connectivity index (χ2n) is 6.86. The number of nitrogens with one attached hydrogen (secondary N) is 1. The first-order valence-electron chi connectivity index (χ1n) is 8.42. The molecule has 0 radical (unpaired) electrons. The van der Waals surface area contributed by atoms with Crippen LogP contribution in [0.4, 0.5) is 13.2 Å². The average molecular weight is 344 g/mol. The van der Waals surface area contributed by atoms with Crippen LogP contribution in [0.1, 0.15) is 30.8 Å². The van der Waals surface area contributed by atoms with E-state index in [9.17, 15) is 18.0 Å². The highest BCUT2D eigenvalue weighted by atomic mass is 19.4. The summed E-state index contributed by atoms with van der Waals surface area (Å²) in [6.07, 6.45) is 0.493. The lowest BCUT2D eigenvalue weighted by molar-refractivity contribution is -0.149. The first-order valence-corrected chi connectivity index (χ1v) is 8.42. The largest absolute Gasteiger partial charge is 0.401 e. The third-order valence-corrected chi connectivity index (χ3v) is 4.82. The van der Waals surface area contributed by atoms with E-state index >= 15 is 0 Å². The zero-order valence-corrected chi connectivity index (χ0v) is 13.8. The molecule has 0 saturated carbocycles. The Morgan fingerprint density at radius 1 is 1.33 bits per heavy atom. The summed E-state index contributed by atoms with van der Waals surface area (Å²) in [5.74, 6) is 0.853.